The fourth-order valence-electron chi connectivity index (χ4n) is 1.89. The van der Waals surface area contributed by atoms with Gasteiger partial charge in [0.15, 0.2) is 0 Å². The van der Waals surface area contributed by atoms with E-state index in [-0.39, 0.29) is 6.54 Å². The molecule has 19 heavy (non-hydrogen) atoms. The molecule has 1 nitrogen and oxygen atoms in total. The van der Waals surface area contributed by atoms with Crippen LogP contribution < -0.4 is 5.32 Å². The van der Waals surface area contributed by atoms with Gasteiger partial charge in [0.2, 0.25) is 0 Å². The topological polar surface area (TPSA) is 12.0 Å². The lowest BCUT2D eigenvalue weighted by molar-refractivity contribution is -0.125. The lowest BCUT2D eigenvalue weighted by Crippen LogP contribution is -2.38. The van der Waals surface area contributed by atoms with Crippen LogP contribution in [0.1, 0.15) is 5.56 Å². The molecular formula is C14H13F4N. The molecule has 0 atom stereocenters. The van der Waals surface area contributed by atoms with Crippen LogP contribution in [0.3, 0.4) is 0 Å². The van der Waals surface area contributed by atoms with E-state index in [4.69, 9.17) is 0 Å². The van der Waals surface area contributed by atoms with E-state index in [1.54, 1.807) is 6.07 Å². The van der Waals surface area contributed by atoms with Crippen LogP contribution in [0.2, 0.25) is 0 Å². The summed E-state index contributed by atoms with van der Waals surface area (Å²) >= 11 is 0. The predicted octanol–water partition coefficient (Wildman–Crippen LogP) is 3.83. The maximum absolute atomic E-state index is 12.8. The van der Waals surface area contributed by atoms with Crippen molar-refractivity contribution >= 4 is 10.8 Å². The molecule has 102 valence electrons. The molecule has 0 heterocycles. The molecule has 0 unspecified atom stereocenters. The Morgan fingerprint density at radius 1 is 1.00 bits per heavy atom. The number of fused-ring (bicyclic) bond motifs is 1. The maximum atomic E-state index is 12.8. The molecule has 0 aliphatic rings. The highest BCUT2D eigenvalue weighted by molar-refractivity contribution is 5.85. The van der Waals surface area contributed by atoms with Gasteiger partial charge in [-0.3, -0.25) is 0 Å². The molecule has 0 saturated carbocycles. The number of nitrogens with one attached hydrogen (secondary N) is 1. The van der Waals surface area contributed by atoms with Gasteiger partial charge in [-0.05, 0) is 16.3 Å². The van der Waals surface area contributed by atoms with E-state index in [0.29, 0.717) is 0 Å². The molecule has 0 fully saturated rings. The fourth-order valence-corrected chi connectivity index (χ4v) is 1.89. The van der Waals surface area contributed by atoms with Gasteiger partial charge in [0.05, 0.1) is 6.54 Å². The van der Waals surface area contributed by atoms with E-state index in [0.717, 1.165) is 16.3 Å². The van der Waals surface area contributed by atoms with E-state index in [9.17, 15) is 17.6 Å². The smallest absolute Gasteiger partial charge is 0.307 e. The van der Waals surface area contributed by atoms with Crippen LogP contribution in [-0.4, -0.2) is 18.9 Å². The molecule has 1 N–H and O–H groups in total. The van der Waals surface area contributed by atoms with Crippen molar-refractivity contribution in [3.8, 4) is 0 Å². The molecule has 0 amide bonds. The highest BCUT2D eigenvalue weighted by Crippen LogP contribution is 2.22. The molecule has 0 saturated heterocycles. The van der Waals surface area contributed by atoms with Crippen molar-refractivity contribution in [1.82, 2.24) is 5.32 Å². The predicted molar refractivity (Wildman–Crippen MR) is 66.6 cm³/mol. The summed E-state index contributed by atoms with van der Waals surface area (Å²) in [5.41, 5.74) is 0.808. The minimum absolute atomic E-state index is 0.129. The maximum Gasteiger partial charge on any atom is 0.319 e. The normalized spacial score (nSPS) is 12.3. The summed E-state index contributed by atoms with van der Waals surface area (Å²) in [5, 5.41) is 4.30. The molecule has 0 spiro atoms. The third-order valence-electron chi connectivity index (χ3n) is 2.88. The monoisotopic (exact) mass is 271 g/mol. The lowest BCUT2D eigenvalue weighted by Gasteiger charge is -2.16. The molecule has 2 aromatic carbocycles. The Hall–Kier alpha value is -1.62. The van der Waals surface area contributed by atoms with Gasteiger partial charge in [0.25, 0.3) is 0 Å². The standard InChI is InChI=1S/C14H13F4N/c15-13(16)14(17,18)9-19-8-11-6-3-5-10-4-1-2-7-12(10)11/h1-7,13,19H,8-9H2. The molecule has 0 aliphatic carbocycles. The van der Waals surface area contributed by atoms with E-state index in [1.807, 2.05) is 36.4 Å². The summed E-state index contributed by atoms with van der Waals surface area (Å²) in [5.74, 6) is -4.00. The van der Waals surface area contributed by atoms with Crippen LogP contribution in [0.25, 0.3) is 10.8 Å². The van der Waals surface area contributed by atoms with E-state index < -0.39 is 18.9 Å². The van der Waals surface area contributed by atoms with E-state index >= 15 is 0 Å². The third kappa shape index (κ3) is 3.23. The minimum atomic E-state index is -4.00. The molecule has 5 heteroatoms. The summed E-state index contributed by atoms with van der Waals surface area (Å²) in [6.45, 7) is -0.905. The summed E-state index contributed by atoms with van der Waals surface area (Å²) in [6, 6.07) is 13.0. The van der Waals surface area contributed by atoms with Crippen LogP contribution >= 0.6 is 0 Å². The number of benzene rings is 2. The molecule has 0 aliphatic heterocycles. The molecule has 2 rings (SSSR count). The highest BCUT2D eigenvalue weighted by atomic mass is 19.3. The molecular weight excluding hydrogens is 258 g/mol. The van der Waals surface area contributed by atoms with Crippen molar-refractivity contribution in [2.75, 3.05) is 6.54 Å². The van der Waals surface area contributed by atoms with Crippen LogP contribution in [0, 0.1) is 0 Å². The SMILES string of the molecule is FC(F)C(F)(F)CNCc1cccc2ccccc12. The second kappa shape index (κ2) is 5.57. The number of hydrogen-bond donors (Lipinski definition) is 1. The third-order valence-corrected chi connectivity index (χ3v) is 2.88. The van der Waals surface area contributed by atoms with Crippen molar-refractivity contribution in [3.63, 3.8) is 0 Å². The first-order valence-corrected chi connectivity index (χ1v) is 5.84. The Morgan fingerprint density at radius 2 is 1.68 bits per heavy atom. The molecule has 0 radical (unpaired) electrons. The summed E-state index contributed by atoms with van der Waals surface area (Å²) in [7, 11) is 0. The van der Waals surface area contributed by atoms with Gasteiger partial charge in [0, 0.05) is 6.54 Å². The molecule has 2 aromatic rings. The summed E-state index contributed by atoms with van der Waals surface area (Å²) in [4.78, 5) is 0. The largest absolute Gasteiger partial charge is 0.319 e. The number of alkyl halides is 4. The first-order chi connectivity index (χ1) is 9.00. The van der Waals surface area contributed by atoms with Crippen LogP contribution in [-0.2, 0) is 6.54 Å². The van der Waals surface area contributed by atoms with Gasteiger partial charge in [-0.25, -0.2) is 8.78 Å². The number of rotatable bonds is 5. The van der Waals surface area contributed by atoms with Crippen molar-refractivity contribution < 1.29 is 17.6 Å². The highest BCUT2D eigenvalue weighted by Gasteiger charge is 2.39. The van der Waals surface area contributed by atoms with E-state index in [1.165, 1.54) is 0 Å². The first kappa shape index (κ1) is 13.8. The average molecular weight is 271 g/mol. The quantitative estimate of drug-likeness (QED) is 0.815. The summed E-state index contributed by atoms with van der Waals surface area (Å²) in [6.07, 6.45) is -3.65. The van der Waals surface area contributed by atoms with Crippen molar-refractivity contribution in [1.29, 1.82) is 0 Å². The van der Waals surface area contributed by atoms with Gasteiger partial charge in [0.1, 0.15) is 0 Å². The zero-order valence-electron chi connectivity index (χ0n) is 10.0. The van der Waals surface area contributed by atoms with Crippen molar-refractivity contribution in [3.05, 3.63) is 48.0 Å². The van der Waals surface area contributed by atoms with Gasteiger partial charge in [-0.15, -0.1) is 0 Å². The Kier molecular flexibility index (Phi) is 4.04. The fraction of sp³-hybridized carbons (Fsp3) is 0.286. The zero-order chi connectivity index (χ0) is 13.9. The van der Waals surface area contributed by atoms with E-state index in [2.05, 4.69) is 5.32 Å². The van der Waals surface area contributed by atoms with Crippen LogP contribution in [0.4, 0.5) is 17.6 Å². The van der Waals surface area contributed by atoms with Gasteiger partial charge in [-0.2, -0.15) is 8.78 Å². The Labute approximate surface area is 108 Å². The van der Waals surface area contributed by atoms with Gasteiger partial charge < -0.3 is 5.32 Å². The van der Waals surface area contributed by atoms with Crippen molar-refractivity contribution in [2.45, 2.75) is 18.9 Å². The lowest BCUT2D eigenvalue weighted by atomic mass is 10.0. The Morgan fingerprint density at radius 3 is 2.42 bits per heavy atom. The van der Waals surface area contributed by atoms with Gasteiger partial charge in [-0.1, -0.05) is 42.5 Å². The second-order valence-electron chi connectivity index (χ2n) is 4.30. The summed E-state index contributed by atoms with van der Waals surface area (Å²) < 4.78 is 49.5. The van der Waals surface area contributed by atoms with Gasteiger partial charge >= 0.3 is 12.3 Å². The average Bonchev–Trinajstić information content (AvgIpc) is 2.38. The van der Waals surface area contributed by atoms with Crippen LogP contribution in [0.15, 0.2) is 42.5 Å². The first-order valence-electron chi connectivity index (χ1n) is 5.84. The number of hydrogen-bond acceptors (Lipinski definition) is 1. The second-order valence-corrected chi connectivity index (χ2v) is 4.30. The minimum Gasteiger partial charge on any atom is -0.307 e. The van der Waals surface area contributed by atoms with Crippen LogP contribution in [0.5, 0.6) is 0 Å². The van der Waals surface area contributed by atoms with Crippen molar-refractivity contribution in [2.24, 2.45) is 0 Å². The zero-order valence-corrected chi connectivity index (χ0v) is 10.0. The Bertz CT molecular complexity index is 549. The number of halogens is 4. The molecule has 0 bridgehead atoms. The molecule has 0 aromatic heterocycles. The Balaban J connectivity index is 2.07.